The predicted molar refractivity (Wildman–Crippen MR) is 75.8 cm³/mol. The second-order valence-corrected chi connectivity index (χ2v) is 5.62. The van der Waals surface area contributed by atoms with E-state index in [2.05, 4.69) is 43.9 Å². The number of benzene rings is 1. The topological polar surface area (TPSA) is 23.5 Å². The van der Waals surface area contributed by atoms with Gasteiger partial charge in [0.1, 0.15) is 0 Å². The molecule has 0 aliphatic carbocycles. The number of likely N-dealkylation sites (tertiary alicyclic amines) is 1. The van der Waals surface area contributed by atoms with Crippen LogP contribution in [0.15, 0.2) is 18.2 Å². The minimum Gasteiger partial charge on any atom is -0.385 e. The first-order valence-electron chi connectivity index (χ1n) is 7.08. The Balaban J connectivity index is 2.16. The number of hydrogen-bond donors (Lipinski definition) is 1. The third-order valence-electron chi connectivity index (χ3n) is 4.33. The molecule has 18 heavy (non-hydrogen) atoms. The van der Waals surface area contributed by atoms with E-state index in [-0.39, 0.29) is 0 Å². The number of nitrogens with zero attached hydrogens (tertiary/aromatic N) is 1. The molecule has 2 nitrogen and oxygen atoms in total. The molecule has 1 aromatic rings. The van der Waals surface area contributed by atoms with Crippen LogP contribution in [0.4, 0.5) is 0 Å². The number of rotatable bonds is 3. The molecule has 0 amide bonds. The predicted octanol–water partition coefficient (Wildman–Crippen LogP) is 3.00. The maximum absolute atomic E-state index is 10.9. The van der Waals surface area contributed by atoms with Crippen molar-refractivity contribution < 1.29 is 5.11 Å². The SMILES string of the molecule is CCCN1CCC(O)(c2cccc(C)c2C)CC1. The normalized spacial score (nSPS) is 20.0. The van der Waals surface area contributed by atoms with Gasteiger partial charge < -0.3 is 10.0 Å². The van der Waals surface area contributed by atoms with Gasteiger partial charge in [-0.25, -0.2) is 0 Å². The Morgan fingerprint density at radius 2 is 1.89 bits per heavy atom. The van der Waals surface area contributed by atoms with Crippen LogP contribution in [-0.2, 0) is 5.60 Å². The second kappa shape index (κ2) is 5.41. The highest BCUT2D eigenvalue weighted by Gasteiger charge is 2.34. The molecule has 0 spiro atoms. The first-order chi connectivity index (χ1) is 8.57. The van der Waals surface area contributed by atoms with Gasteiger partial charge in [0.15, 0.2) is 0 Å². The molecule has 100 valence electrons. The Hall–Kier alpha value is -0.860. The van der Waals surface area contributed by atoms with Crippen LogP contribution in [0.2, 0.25) is 0 Å². The van der Waals surface area contributed by atoms with Gasteiger partial charge in [-0.2, -0.15) is 0 Å². The number of piperidine rings is 1. The van der Waals surface area contributed by atoms with E-state index >= 15 is 0 Å². The summed E-state index contributed by atoms with van der Waals surface area (Å²) in [5, 5.41) is 10.9. The monoisotopic (exact) mass is 247 g/mol. The molecule has 1 fully saturated rings. The summed E-state index contributed by atoms with van der Waals surface area (Å²) in [4.78, 5) is 2.46. The molecule has 2 rings (SSSR count). The number of aliphatic hydroxyl groups is 1. The van der Waals surface area contributed by atoms with E-state index in [0.29, 0.717) is 0 Å². The van der Waals surface area contributed by atoms with E-state index in [4.69, 9.17) is 0 Å². The van der Waals surface area contributed by atoms with Gasteiger partial charge in [0, 0.05) is 13.1 Å². The minimum absolute atomic E-state index is 0.611. The van der Waals surface area contributed by atoms with Gasteiger partial charge >= 0.3 is 0 Å². The van der Waals surface area contributed by atoms with Gasteiger partial charge in [0.2, 0.25) is 0 Å². The van der Waals surface area contributed by atoms with E-state index in [1.165, 1.54) is 17.5 Å². The molecule has 0 radical (unpaired) electrons. The fourth-order valence-corrected chi connectivity index (χ4v) is 2.99. The summed E-state index contributed by atoms with van der Waals surface area (Å²) in [5.41, 5.74) is 3.06. The molecule has 1 N–H and O–H groups in total. The van der Waals surface area contributed by atoms with Crippen molar-refractivity contribution in [2.75, 3.05) is 19.6 Å². The van der Waals surface area contributed by atoms with E-state index in [9.17, 15) is 5.11 Å². The van der Waals surface area contributed by atoms with Crippen LogP contribution in [0.25, 0.3) is 0 Å². The number of hydrogen-bond acceptors (Lipinski definition) is 2. The summed E-state index contributed by atoms with van der Waals surface area (Å²) in [6.45, 7) is 9.64. The molecule has 0 bridgehead atoms. The lowest BCUT2D eigenvalue weighted by molar-refractivity contribution is -0.0262. The zero-order chi connectivity index (χ0) is 13.2. The maximum atomic E-state index is 10.9. The van der Waals surface area contributed by atoms with Crippen molar-refractivity contribution in [3.05, 3.63) is 34.9 Å². The van der Waals surface area contributed by atoms with Crippen LogP contribution >= 0.6 is 0 Å². The Labute approximate surface area is 111 Å². The lowest BCUT2D eigenvalue weighted by Gasteiger charge is -2.39. The van der Waals surface area contributed by atoms with Crippen LogP contribution < -0.4 is 0 Å². The highest BCUT2D eigenvalue weighted by molar-refractivity contribution is 5.37. The molecule has 1 saturated heterocycles. The average Bonchev–Trinajstić information content (AvgIpc) is 2.36. The van der Waals surface area contributed by atoms with Crippen molar-refractivity contribution in [2.45, 2.75) is 45.6 Å². The summed E-state index contributed by atoms with van der Waals surface area (Å²) in [5.74, 6) is 0. The highest BCUT2D eigenvalue weighted by atomic mass is 16.3. The number of aryl methyl sites for hydroxylation is 1. The zero-order valence-corrected chi connectivity index (χ0v) is 11.9. The molecular weight excluding hydrogens is 222 g/mol. The van der Waals surface area contributed by atoms with Crippen LogP contribution in [0, 0.1) is 13.8 Å². The van der Waals surface area contributed by atoms with Crippen molar-refractivity contribution in [3.8, 4) is 0 Å². The van der Waals surface area contributed by atoms with Crippen LogP contribution in [-0.4, -0.2) is 29.6 Å². The van der Waals surface area contributed by atoms with Gasteiger partial charge in [-0.15, -0.1) is 0 Å². The summed E-state index contributed by atoms with van der Waals surface area (Å²) in [6, 6.07) is 6.28. The maximum Gasteiger partial charge on any atom is 0.0923 e. The van der Waals surface area contributed by atoms with E-state index in [1.807, 2.05) is 0 Å². The Bertz CT molecular complexity index is 406. The molecule has 1 aliphatic rings. The summed E-state index contributed by atoms with van der Waals surface area (Å²) in [6.07, 6.45) is 2.91. The highest BCUT2D eigenvalue weighted by Crippen LogP contribution is 2.35. The second-order valence-electron chi connectivity index (χ2n) is 5.62. The Morgan fingerprint density at radius 3 is 2.50 bits per heavy atom. The molecule has 0 saturated carbocycles. The van der Waals surface area contributed by atoms with Crippen molar-refractivity contribution in [1.29, 1.82) is 0 Å². The molecule has 2 heteroatoms. The van der Waals surface area contributed by atoms with Crippen molar-refractivity contribution in [3.63, 3.8) is 0 Å². The third-order valence-corrected chi connectivity index (χ3v) is 4.33. The Kier molecular flexibility index (Phi) is 4.08. The van der Waals surface area contributed by atoms with Gasteiger partial charge in [-0.05, 0) is 56.3 Å². The van der Waals surface area contributed by atoms with Crippen molar-refractivity contribution >= 4 is 0 Å². The smallest absolute Gasteiger partial charge is 0.0923 e. The molecule has 0 unspecified atom stereocenters. The van der Waals surface area contributed by atoms with Crippen molar-refractivity contribution in [1.82, 2.24) is 4.90 Å². The van der Waals surface area contributed by atoms with Gasteiger partial charge in [0.25, 0.3) is 0 Å². The molecule has 1 aliphatic heterocycles. The van der Waals surface area contributed by atoms with Gasteiger partial charge in [-0.3, -0.25) is 0 Å². The first kappa shape index (κ1) is 13.6. The van der Waals surface area contributed by atoms with E-state index < -0.39 is 5.60 Å². The fraction of sp³-hybridized carbons (Fsp3) is 0.625. The van der Waals surface area contributed by atoms with E-state index in [0.717, 1.165) is 38.0 Å². The molecule has 1 heterocycles. The molecule has 0 aromatic heterocycles. The fourth-order valence-electron chi connectivity index (χ4n) is 2.99. The summed E-state index contributed by atoms with van der Waals surface area (Å²) in [7, 11) is 0. The first-order valence-corrected chi connectivity index (χ1v) is 7.08. The lowest BCUT2D eigenvalue weighted by atomic mass is 9.81. The standard InChI is InChI=1S/C16H25NO/c1-4-10-17-11-8-16(18,9-12-17)15-7-5-6-13(2)14(15)3/h5-7,18H,4,8-12H2,1-3H3. The zero-order valence-electron chi connectivity index (χ0n) is 11.9. The quantitative estimate of drug-likeness (QED) is 0.887. The molecule has 0 atom stereocenters. The van der Waals surface area contributed by atoms with Gasteiger partial charge in [-0.1, -0.05) is 25.1 Å². The lowest BCUT2D eigenvalue weighted by Crippen LogP contribution is -2.43. The van der Waals surface area contributed by atoms with Crippen LogP contribution in [0.1, 0.15) is 42.9 Å². The van der Waals surface area contributed by atoms with Gasteiger partial charge in [0.05, 0.1) is 5.60 Å². The molecular formula is C16H25NO. The third kappa shape index (κ3) is 2.60. The average molecular weight is 247 g/mol. The van der Waals surface area contributed by atoms with Crippen molar-refractivity contribution in [2.24, 2.45) is 0 Å². The molecule has 1 aromatic carbocycles. The van der Waals surface area contributed by atoms with Crippen LogP contribution in [0.5, 0.6) is 0 Å². The summed E-state index contributed by atoms with van der Waals surface area (Å²) < 4.78 is 0. The minimum atomic E-state index is -0.611. The summed E-state index contributed by atoms with van der Waals surface area (Å²) >= 11 is 0. The largest absolute Gasteiger partial charge is 0.385 e. The van der Waals surface area contributed by atoms with E-state index in [1.54, 1.807) is 0 Å². The Morgan fingerprint density at radius 1 is 1.22 bits per heavy atom. The van der Waals surface area contributed by atoms with Crippen LogP contribution in [0.3, 0.4) is 0 Å².